The fourth-order valence-electron chi connectivity index (χ4n) is 2.49. The van der Waals surface area contributed by atoms with Crippen molar-refractivity contribution in [3.8, 4) is 5.75 Å². The van der Waals surface area contributed by atoms with Gasteiger partial charge in [0.1, 0.15) is 5.75 Å². The van der Waals surface area contributed by atoms with Crippen molar-refractivity contribution in [3.63, 3.8) is 0 Å². The smallest absolute Gasteiger partial charge is 0.137 e. The predicted molar refractivity (Wildman–Crippen MR) is 73.1 cm³/mol. The van der Waals surface area contributed by atoms with Crippen molar-refractivity contribution in [2.75, 3.05) is 19.7 Å². The van der Waals surface area contributed by atoms with Crippen molar-refractivity contribution in [1.82, 2.24) is 15.3 Å². The molecule has 98 valence electrons. The molecule has 3 rings (SSSR count). The van der Waals surface area contributed by atoms with E-state index in [9.17, 15) is 0 Å². The van der Waals surface area contributed by atoms with Gasteiger partial charge in [-0.3, -0.25) is 9.97 Å². The zero-order valence-corrected chi connectivity index (χ0v) is 10.7. The molecule has 2 aromatic heterocycles. The van der Waals surface area contributed by atoms with E-state index in [-0.39, 0.29) is 0 Å². The summed E-state index contributed by atoms with van der Waals surface area (Å²) in [5.41, 5.74) is 1.15. The van der Waals surface area contributed by atoms with Gasteiger partial charge in [-0.2, -0.15) is 0 Å². The third-order valence-corrected chi connectivity index (χ3v) is 3.51. The minimum Gasteiger partial charge on any atom is -0.492 e. The highest BCUT2D eigenvalue weighted by Gasteiger charge is 2.29. The monoisotopic (exact) mass is 255 g/mol. The van der Waals surface area contributed by atoms with Crippen molar-refractivity contribution in [2.45, 2.75) is 5.92 Å². The lowest BCUT2D eigenvalue weighted by Gasteiger charge is -2.18. The van der Waals surface area contributed by atoms with Crippen LogP contribution in [0, 0.1) is 5.92 Å². The number of aromatic nitrogens is 2. The Morgan fingerprint density at radius 3 is 2.95 bits per heavy atom. The highest BCUT2D eigenvalue weighted by molar-refractivity contribution is 5.17. The number of hydrogen-bond donors (Lipinski definition) is 1. The molecule has 2 atom stereocenters. The molecule has 19 heavy (non-hydrogen) atoms. The van der Waals surface area contributed by atoms with Crippen LogP contribution in [0.15, 0.2) is 48.9 Å². The fourth-order valence-corrected chi connectivity index (χ4v) is 2.49. The number of hydrogen-bond acceptors (Lipinski definition) is 4. The summed E-state index contributed by atoms with van der Waals surface area (Å²) in [7, 11) is 0. The molecule has 1 aliphatic rings. The molecule has 4 nitrogen and oxygen atoms in total. The van der Waals surface area contributed by atoms with Gasteiger partial charge in [-0.15, -0.1) is 0 Å². The van der Waals surface area contributed by atoms with Gasteiger partial charge in [0.15, 0.2) is 0 Å². The van der Waals surface area contributed by atoms with Gasteiger partial charge in [-0.1, -0.05) is 6.07 Å². The second-order valence-corrected chi connectivity index (χ2v) is 4.78. The van der Waals surface area contributed by atoms with Gasteiger partial charge in [0, 0.05) is 43.0 Å². The minimum absolute atomic E-state index is 0.429. The summed E-state index contributed by atoms with van der Waals surface area (Å²) < 4.78 is 5.81. The second kappa shape index (κ2) is 5.80. The lowest BCUT2D eigenvalue weighted by molar-refractivity contribution is 0.246. The first-order valence-electron chi connectivity index (χ1n) is 6.58. The van der Waals surface area contributed by atoms with Gasteiger partial charge < -0.3 is 10.1 Å². The third-order valence-electron chi connectivity index (χ3n) is 3.51. The van der Waals surface area contributed by atoms with Gasteiger partial charge in [0.2, 0.25) is 0 Å². The normalized spacial score (nSPS) is 22.3. The summed E-state index contributed by atoms with van der Waals surface area (Å²) in [6, 6.07) is 9.91. The molecule has 1 fully saturated rings. The summed E-state index contributed by atoms with van der Waals surface area (Å²) >= 11 is 0. The predicted octanol–water partition coefficient (Wildman–Crippen LogP) is 1.86. The first kappa shape index (κ1) is 12.1. The number of nitrogens with zero attached hydrogens (tertiary/aromatic N) is 2. The third kappa shape index (κ3) is 2.90. The van der Waals surface area contributed by atoms with E-state index in [4.69, 9.17) is 4.74 Å². The summed E-state index contributed by atoms with van der Waals surface area (Å²) in [5.74, 6) is 1.71. The molecule has 4 heteroatoms. The molecule has 0 spiro atoms. The summed E-state index contributed by atoms with van der Waals surface area (Å²) in [5, 5.41) is 3.42. The molecule has 1 aliphatic heterocycles. The number of nitrogens with one attached hydrogen (secondary N) is 1. The van der Waals surface area contributed by atoms with Gasteiger partial charge in [0.25, 0.3) is 0 Å². The molecule has 2 aromatic rings. The highest BCUT2D eigenvalue weighted by Crippen LogP contribution is 2.27. The van der Waals surface area contributed by atoms with Crippen molar-refractivity contribution in [2.24, 2.45) is 5.92 Å². The van der Waals surface area contributed by atoms with Crippen LogP contribution in [0.3, 0.4) is 0 Å². The zero-order valence-electron chi connectivity index (χ0n) is 10.7. The number of rotatable bonds is 4. The van der Waals surface area contributed by atoms with Crippen LogP contribution >= 0.6 is 0 Å². The van der Waals surface area contributed by atoms with Crippen LogP contribution in [-0.2, 0) is 0 Å². The van der Waals surface area contributed by atoms with E-state index in [1.54, 1.807) is 12.4 Å². The maximum Gasteiger partial charge on any atom is 0.137 e. The minimum atomic E-state index is 0.429. The van der Waals surface area contributed by atoms with Crippen LogP contribution in [0.4, 0.5) is 0 Å². The topological polar surface area (TPSA) is 47.0 Å². The summed E-state index contributed by atoms with van der Waals surface area (Å²) in [6.45, 7) is 2.64. The summed E-state index contributed by atoms with van der Waals surface area (Å²) in [4.78, 5) is 8.51. The average molecular weight is 255 g/mol. The van der Waals surface area contributed by atoms with Crippen molar-refractivity contribution >= 4 is 0 Å². The Morgan fingerprint density at radius 2 is 2.16 bits per heavy atom. The van der Waals surface area contributed by atoms with Gasteiger partial charge in [0.05, 0.1) is 12.8 Å². The maximum absolute atomic E-state index is 5.81. The number of ether oxygens (including phenoxy) is 1. The lowest BCUT2D eigenvalue weighted by Crippen LogP contribution is -2.20. The average Bonchev–Trinajstić information content (AvgIpc) is 2.95. The van der Waals surface area contributed by atoms with E-state index in [1.165, 1.54) is 0 Å². The molecule has 1 saturated heterocycles. The number of pyridine rings is 2. The molecule has 0 bridgehead atoms. The molecular weight excluding hydrogens is 238 g/mol. The second-order valence-electron chi connectivity index (χ2n) is 4.78. The first-order valence-corrected chi connectivity index (χ1v) is 6.58. The quantitative estimate of drug-likeness (QED) is 0.906. The van der Waals surface area contributed by atoms with Crippen LogP contribution in [0.2, 0.25) is 0 Å². The van der Waals surface area contributed by atoms with Gasteiger partial charge in [-0.25, -0.2) is 0 Å². The Labute approximate surface area is 112 Å². The van der Waals surface area contributed by atoms with E-state index >= 15 is 0 Å². The van der Waals surface area contributed by atoms with E-state index in [1.807, 2.05) is 30.5 Å². The van der Waals surface area contributed by atoms with Crippen molar-refractivity contribution < 1.29 is 4.74 Å². The van der Waals surface area contributed by atoms with Crippen molar-refractivity contribution in [1.29, 1.82) is 0 Å². The van der Waals surface area contributed by atoms with Crippen LogP contribution in [0.5, 0.6) is 5.75 Å². The highest BCUT2D eigenvalue weighted by atomic mass is 16.5. The van der Waals surface area contributed by atoms with E-state index in [0.717, 1.165) is 24.5 Å². The molecule has 0 radical (unpaired) electrons. The van der Waals surface area contributed by atoms with Gasteiger partial charge in [-0.05, 0) is 24.3 Å². The Kier molecular flexibility index (Phi) is 3.70. The van der Waals surface area contributed by atoms with Gasteiger partial charge >= 0.3 is 0 Å². The Bertz CT molecular complexity index is 503. The Morgan fingerprint density at radius 1 is 1.16 bits per heavy atom. The Balaban J connectivity index is 1.64. The molecule has 0 saturated carbocycles. The SMILES string of the molecule is c1ccc([C@@H]2CNC[C@@H]2COc2cccnc2)nc1. The Hall–Kier alpha value is -1.94. The largest absolute Gasteiger partial charge is 0.492 e. The van der Waals surface area contributed by atoms with Crippen LogP contribution in [0.1, 0.15) is 11.6 Å². The molecular formula is C15H17N3O. The molecule has 0 aliphatic carbocycles. The van der Waals surface area contributed by atoms with Crippen LogP contribution in [0.25, 0.3) is 0 Å². The lowest BCUT2D eigenvalue weighted by atomic mass is 9.93. The molecule has 0 amide bonds. The molecule has 0 aromatic carbocycles. The maximum atomic E-state index is 5.81. The molecule has 0 unspecified atom stereocenters. The molecule has 1 N–H and O–H groups in total. The fraction of sp³-hybridized carbons (Fsp3) is 0.333. The van der Waals surface area contributed by atoms with Crippen LogP contribution < -0.4 is 10.1 Å². The zero-order chi connectivity index (χ0) is 12.9. The molecule has 3 heterocycles. The first-order chi connectivity index (χ1) is 9.43. The van der Waals surface area contributed by atoms with Crippen molar-refractivity contribution in [3.05, 3.63) is 54.6 Å². The summed E-state index contributed by atoms with van der Waals surface area (Å²) in [6.07, 6.45) is 5.35. The standard InChI is InChI=1S/C15H17N3O/c1-2-7-18-15(5-1)14-10-17-8-12(14)11-19-13-4-3-6-16-9-13/h1-7,9,12,14,17H,8,10-11H2/t12-,14-/m1/s1. The van der Waals surface area contributed by atoms with E-state index in [0.29, 0.717) is 18.4 Å². The van der Waals surface area contributed by atoms with E-state index in [2.05, 4.69) is 21.4 Å². The van der Waals surface area contributed by atoms with E-state index < -0.39 is 0 Å². The van der Waals surface area contributed by atoms with Crippen LogP contribution in [-0.4, -0.2) is 29.7 Å².